The molecule has 2 aliphatic rings. The number of hydrogen-bond donors (Lipinski definition) is 3. The van der Waals surface area contributed by atoms with Crippen molar-refractivity contribution in [1.29, 1.82) is 0 Å². The van der Waals surface area contributed by atoms with Crippen LogP contribution in [0.2, 0.25) is 0 Å². The molecule has 8 heteroatoms. The quantitative estimate of drug-likeness (QED) is 0.605. The number of halogens is 1. The molecule has 0 radical (unpaired) electrons. The Kier molecular flexibility index (Phi) is 7.65. The molecule has 1 aliphatic carbocycles. The van der Waals surface area contributed by atoms with Crippen LogP contribution in [0.15, 0.2) is 0 Å². The van der Waals surface area contributed by atoms with Crippen molar-refractivity contribution in [2.24, 2.45) is 11.7 Å². The van der Waals surface area contributed by atoms with Crippen molar-refractivity contribution >= 4 is 35.2 Å². The molecule has 0 aromatic carbocycles. The molecule has 1 heterocycles. The van der Waals surface area contributed by atoms with Gasteiger partial charge in [-0.2, -0.15) is 0 Å². The van der Waals surface area contributed by atoms with Crippen LogP contribution in [0.5, 0.6) is 0 Å². The van der Waals surface area contributed by atoms with Crippen molar-refractivity contribution < 1.29 is 14.3 Å². The minimum Gasteiger partial charge on any atom is -0.382 e. The number of rotatable bonds is 6. The van der Waals surface area contributed by atoms with Crippen LogP contribution in [0, 0.1) is 5.92 Å². The summed E-state index contributed by atoms with van der Waals surface area (Å²) in [7, 11) is 1.52. The SMILES string of the molecule is COC[C@@H](NC(=O)C1CCC(Cl)S1)C(=O)NC1CCC(N)C(C)C1. The Balaban J connectivity index is 1.86. The van der Waals surface area contributed by atoms with E-state index in [4.69, 9.17) is 22.1 Å². The van der Waals surface area contributed by atoms with Crippen molar-refractivity contribution in [2.45, 2.75) is 67.1 Å². The van der Waals surface area contributed by atoms with Gasteiger partial charge in [-0.3, -0.25) is 9.59 Å². The Bertz CT molecular complexity index is 454. The zero-order valence-corrected chi connectivity index (χ0v) is 15.9. The summed E-state index contributed by atoms with van der Waals surface area (Å²) < 4.78 is 5.08. The lowest BCUT2D eigenvalue weighted by atomic mass is 9.83. The Morgan fingerprint density at radius 3 is 2.67 bits per heavy atom. The molecule has 0 spiro atoms. The number of carbonyl (C=O) groups excluding carboxylic acids is 2. The van der Waals surface area contributed by atoms with Gasteiger partial charge in [0.25, 0.3) is 0 Å². The lowest BCUT2D eigenvalue weighted by molar-refractivity contribution is -0.130. The molecule has 5 unspecified atom stereocenters. The van der Waals surface area contributed by atoms with Crippen LogP contribution >= 0.6 is 23.4 Å². The van der Waals surface area contributed by atoms with Crippen LogP contribution in [-0.2, 0) is 14.3 Å². The summed E-state index contributed by atoms with van der Waals surface area (Å²) in [6, 6.07) is -0.365. The van der Waals surface area contributed by atoms with Crippen LogP contribution in [0.3, 0.4) is 0 Å². The van der Waals surface area contributed by atoms with Gasteiger partial charge in [-0.05, 0) is 38.0 Å². The smallest absolute Gasteiger partial charge is 0.245 e. The summed E-state index contributed by atoms with van der Waals surface area (Å²) in [6.07, 6.45) is 4.20. The van der Waals surface area contributed by atoms with Gasteiger partial charge >= 0.3 is 0 Å². The maximum Gasteiger partial charge on any atom is 0.245 e. The molecule has 6 atom stereocenters. The molecule has 24 heavy (non-hydrogen) atoms. The van der Waals surface area contributed by atoms with Crippen molar-refractivity contribution in [2.75, 3.05) is 13.7 Å². The van der Waals surface area contributed by atoms with Crippen LogP contribution in [0.25, 0.3) is 0 Å². The van der Waals surface area contributed by atoms with Crippen LogP contribution < -0.4 is 16.4 Å². The molecule has 2 fully saturated rings. The first kappa shape index (κ1) is 19.8. The number of amides is 2. The van der Waals surface area contributed by atoms with Gasteiger partial charge in [0.05, 0.1) is 16.6 Å². The summed E-state index contributed by atoms with van der Waals surface area (Å²) in [6.45, 7) is 2.26. The van der Waals surface area contributed by atoms with E-state index in [-0.39, 0.29) is 40.5 Å². The van der Waals surface area contributed by atoms with Gasteiger partial charge in [0.1, 0.15) is 6.04 Å². The summed E-state index contributed by atoms with van der Waals surface area (Å²) in [4.78, 5) is 24.9. The first-order valence-corrected chi connectivity index (χ1v) is 9.93. The maximum absolute atomic E-state index is 12.5. The van der Waals surface area contributed by atoms with Gasteiger partial charge in [0.15, 0.2) is 0 Å². The van der Waals surface area contributed by atoms with Crippen molar-refractivity contribution in [3.05, 3.63) is 0 Å². The second-order valence-corrected chi connectivity index (χ2v) is 8.98. The van der Waals surface area contributed by atoms with Gasteiger partial charge in [0.2, 0.25) is 11.8 Å². The van der Waals surface area contributed by atoms with Crippen molar-refractivity contribution in [1.82, 2.24) is 10.6 Å². The fourth-order valence-corrected chi connectivity index (χ4v) is 4.85. The van der Waals surface area contributed by atoms with Crippen molar-refractivity contribution in [3.8, 4) is 0 Å². The van der Waals surface area contributed by atoms with Crippen molar-refractivity contribution in [3.63, 3.8) is 0 Å². The number of thioether (sulfide) groups is 1. The highest BCUT2D eigenvalue weighted by atomic mass is 35.5. The summed E-state index contributed by atoms with van der Waals surface area (Å²) >= 11 is 7.48. The fourth-order valence-electron chi connectivity index (χ4n) is 3.26. The highest BCUT2D eigenvalue weighted by Crippen LogP contribution is 2.36. The normalized spacial score (nSPS) is 34.6. The van der Waals surface area contributed by atoms with Gasteiger partial charge in [0, 0.05) is 19.2 Å². The first-order chi connectivity index (χ1) is 11.4. The summed E-state index contributed by atoms with van der Waals surface area (Å²) in [5.41, 5.74) is 6.02. The maximum atomic E-state index is 12.5. The van der Waals surface area contributed by atoms with E-state index in [9.17, 15) is 9.59 Å². The largest absolute Gasteiger partial charge is 0.382 e. The zero-order chi connectivity index (χ0) is 17.7. The number of nitrogens with one attached hydrogen (secondary N) is 2. The minimum absolute atomic E-state index is 0.0246. The number of nitrogens with two attached hydrogens (primary N) is 1. The Morgan fingerprint density at radius 1 is 1.33 bits per heavy atom. The highest BCUT2D eigenvalue weighted by Gasteiger charge is 2.33. The molecule has 1 saturated heterocycles. The predicted octanol–water partition coefficient (Wildman–Crippen LogP) is 1.21. The molecule has 2 amide bonds. The predicted molar refractivity (Wildman–Crippen MR) is 97.0 cm³/mol. The number of alkyl halides is 1. The van der Waals surface area contributed by atoms with E-state index in [2.05, 4.69) is 17.6 Å². The van der Waals surface area contributed by atoms with Gasteiger partial charge in [-0.25, -0.2) is 0 Å². The van der Waals surface area contributed by atoms with Gasteiger partial charge in [-0.15, -0.1) is 23.4 Å². The van der Waals surface area contributed by atoms with E-state index < -0.39 is 6.04 Å². The molecule has 0 bridgehead atoms. The highest BCUT2D eigenvalue weighted by molar-refractivity contribution is 8.02. The molecule has 2 rings (SSSR count). The average molecular weight is 378 g/mol. The number of methoxy groups -OCH3 is 1. The molecule has 0 aromatic heterocycles. The third-order valence-corrected chi connectivity index (χ3v) is 6.64. The molecular weight excluding hydrogens is 350 g/mol. The number of ether oxygens (including phenoxy) is 1. The van der Waals surface area contributed by atoms with E-state index in [0.717, 1.165) is 32.1 Å². The summed E-state index contributed by atoms with van der Waals surface area (Å²) in [5, 5.41) is 5.66. The molecule has 4 N–H and O–H groups in total. The second-order valence-electron chi connectivity index (χ2n) is 6.79. The van der Waals surface area contributed by atoms with Gasteiger partial charge in [-0.1, -0.05) is 6.92 Å². The molecule has 1 saturated carbocycles. The second kappa shape index (κ2) is 9.27. The monoisotopic (exact) mass is 377 g/mol. The average Bonchev–Trinajstić information content (AvgIpc) is 2.97. The topological polar surface area (TPSA) is 93.4 Å². The van der Waals surface area contributed by atoms with E-state index in [1.54, 1.807) is 0 Å². The van der Waals surface area contributed by atoms with E-state index in [0.29, 0.717) is 5.92 Å². The third kappa shape index (κ3) is 5.51. The van der Waals surface area contributed by atoms with E-state index in [1.807, 2.05) is 0 Å². The Hall–Kier alpha value is -0.500. The van der Waals surface area contributed by atoms with Crippen LogP contribution in [0.1, 0.15) is 39.0 Å². The van der Waals surface area contributed by atoms with E-state index >= 15 is 0 Å². The Morgan fingerprint density at radius 2 is 2.08 bits per heavy atom. The molecule has 1 aliphatic heterocycles. The molecule has 6 nitrogen and oxygen atoms in total. The lowest BCUT2D eigenvalue weighted by Crippen LogP contribution is -2.54. The molecular formula is C16H28ClN3O3S. The van der Waals surface area contributed by atoms with Crippen LogP contribution in [0.4, 0.5) is 0 Å². The van der Waals surface area contributed by atoms with E-state index in [1.165, 1.54) is 18.9 Å². The molecule has 138 valence electrons. The zero-order valence-electron chi connectivity index (χ0n) is 14.3. The van der Waals surface area contributed by atoms with Crippen LogP contribution in [-0.4, -0.2) is 53.6 Å². The first-order valence-electron chi connectivity index (χ1n) is 8.55. The standard InChI is InChI=1S/C16H28ClN3O3S/c1-9-7-10(3-4-11(9)18)19-15(21)12(8-23-2)20-16(22)13-5-6-14(17)24-13/h9-14H,3-8,18H2,1-2H3,(H,19,21)(H,20,22)/t9?,10?,11?,12-,13?,14?/m1/s1. The third-order valence-electron chi connectivity index (χ3n) is 4.81. The fraction of sp³-hybridized carbons (Fsp3) is 0.875. The lowest BCUT2D eigenvalue weighted by Gasteiger charge is -2.33. The minimum atomic E-state index is -0.677. The Labute approximate surface area is 153 Å². The number of carbonyl (C=O) groups is 2. The van der Waals surface area contributed by atoms with Gasteiger partial charge < -0.3 is 21.1 Å². The summed E-state index contributed by atoms with van der Waals surface area (Å²) in [5.74, 6) is 0.0535. The molecule has 0 aromatic rings. The number of hydrogen-bond acceptors (Lipinski definition) is 5.